The fourth-order valence-corrected chi connectivity index (χ4v) is 0.980. The maximum Gasteiger partial charge on any atom is 0.0967 e. The molecule has 1 saturated carbocycles. The Morgan fingerprint density at radius 1 is 1.44 bits per heavy atom. The molecule has 0 aromatic carbocycles. The fourth-order valence-electron chi connectivity index (χ4n) is 0.980. The van der Waals surface area contributed by atoms with Crippen LogP contribution in [0, 0.1) is 5.92 Å². The molecule has 0 aliphatic heterocycles. The van der Waals surface area contributed by atoms with Gasteiger partial charge in [0.25, 0.3) is 0 Å². The van der Waals surface area contributed by atoms with E-state index in [1.165, 1.54) is 0 Å². The molecule has 0 saturated heterocycles. The van der Waals surface area contributed by atoms with E-state index in [0.717, 1.165) is 12.8 Å². The first kappa shape index (κ1) is 6.95. The van der Waals surface area contributed by atoms with Gasteiger partial charge < -0.3 is 0 Å². The van der Waals surface area contributed by atoms with Crippen molar-refractivity contribution in [2.75, 3.05) is 0 Å². The summed E-state index contributed by atoms with van der Waals surface area (Å²) < 4.78 is 0. The number of rotatable bonds is 3. The van der Waals surface area contributed by atoms with Crippen molar-refractivity contribution in [2.24, 2.45) is 5.92 Å². The minimum atomic E-state index is 0.104. The largest absolute Gasteiger partial charge is 0.219 e. The Kier molecular flexibility index (Phi) is 2.41. The van der Waals surface area contributed by atoms with Crippen LogP contribution in [-0.4, -0.2) is 11.4 Å². The molecule has 1 rings (SSSR count). The highest BCUT2D eigenvalue weighted by molar-refractivity contribution is 4.75. The van der Waals surface area contributed by atoms with Crippen LogP contribution in [-0.2, 0) is 15.0 Å². The predicted molar refractivity (Wildman–Crippen MR) is 28.1 cm³/mol. The molecule has 1 N–H and O–H groups in total. The molecule has 4 heteroatoms. The van der Waals surface area contributed by atoms with Crippen LogP contribution in [0.2, 0.25) is 0 Å². The Bertz CT molecular complexity index is 79.0. The highest BCUT2D eigenvalue weighted by Crippen LogP contribution is 2.28. The third-order valence-electron chi connectivity index (χ3n) is 1.54. The molecule has 54 valence electrons. The Labute approximate surface area is 53.1 Å². The molecule has 0 bridgehead atoms. The van der Waals surface area contributed by atoms with Gasteiger partial charge in [-0.05, 0) is 28.8 Å². The molecular weight excluding hydrogens is 124 g/mol. The maximum absolute atomic E-state index is 7.65. The van der Waals surface area contributed by atoms with Crippen LogP contribution in [0.3, 0.4) is 0 Å². The molecule has 0 aromatic heterocycles. The summed E-state index contributed by atoms with van der Waals surface area (Å²) >= 11 is 0. The van der Waals surface area contributed by atoms with E-state index in [0.29, 0.717) is 5.92 Å². The van der Waals surface area contributed by atoms with Gasteiger partial charge >= 0.3 is 0 Å². The molecular formula is C5H10O4. The van der Waals surface area contributed by atoms with Gasteiger partial charge in [0.2, 0.25) is 0 Å². The summed E-state index contributed by atoms with van der Waals surface area (Å²) in [6.45, 7) is 2.12. The van der Waals surface area contributed by atoms with Crippen molar-refractivity contribution in [3.8, 4) is 0 Å². The van der Waals surface area contributed by atoms with Gasteiger partial charge in [0.15, 0.2) is 0 Å². The van der Waals surface area contributed by atoms with Crippen molar-refractivity contribution in [3.63, 3.8) is 0 Å². The third kappa shape index (κ3) is 1.91. The van der Waals surface area contributed by atoms with Crippen molar-refractivity contribution < 1.29 is 20.2 Å². The van der Waals surface area contributed by atoms with Crippen molar-refractivity contribution in [1.82, 2.24) is 0 Å². The lowest BCUT2D eigenvalue weighted by Crippen LogP contribution is -2.29. The van der Waals surface area contributed by atoms with Gasteiger partial charge in [-0.25, -0.2) is 10.1 Å². The first-order chi connectivity index (χ1) is 4.33. The standard InChI is InChI=1S/C5H10O4/c1-4-2-5(3-4)7-9-8-6/h4-6H,2-3H2,1H3/t4-,5+. The second-order valence-electron chi connectivity index (χ2n) is 2.44. The van der Waals surface area contributed by atoms with E-state index in [-0.39, 0.29) is 6.10 Å². The number of hydrogen-bond donors (Lipinski definition) is 1. The minimum absolute atomic E-state index is 0.104. The van der Waals surface area contributed by atoms with E-state index in [1.807, 2.05) is 0 Å². The average molecular weight is 134 g/mol. The first-order valence-electron chi connectivity index (χ1n) is 2.96. The van der Waals surface area contributed by atoms with E-state index in [2.05, 4.69) is 21.9 Å². The topological polar surface area (TPSA) is 47.9 Å². The van der Waals surface area contributed by atoms with E-state index < -0.39 is 0 Å². The molecule has 0 aromatic rings. The molecule has 4 nitrogen and oxygen atoms in total. The molecule has 1 aliphatic carbocycles. The van der Waals surface area contributed by atoms with Crippen LogP contribution < -0.4 is 0 Å². The van der Waals surface area contributed by atoms with Crippen LogP contribution in [0.5, 0.6) is 0 Å². The zero-order valence-electron chi connectivity index (χ0n) is 5.24. The van der Waals surface area contributed by atoms with Crippen molar-refractivity contribution >= 4 is 0 Å². The molecule has 1 aliphatic rings. The highest BCUT2D eigenvalue weighted by Gasteiger charge is 2.27. The SMILES string of the molecule is C[C@H]1C[C@@H](OOOO)C1. The van der Waals surface area contributed by atoms with E-state index in [9.17, 15) is 0 Å². The second-order valence-corrected chi connectivity index (χ2v) is 2.44. The highest BCUT2D eigenvalue weighted by atomic mass is 17.6. The lowest BCUT2D eigenvalue weighted by Gasteiger charge is -2.29. The summed E-state index contributed by atoms with van der Waals surface area (Å²) in [5.41, 5.74) is 0. The monoisotopic (exact) mass is 134 g/mol. The van der Waals surface area contributed by atoms with Crippen LogP contribution in [0.25, 0.3) is 0 Å². The molecule has 0 amide bonds. The van der Waals surface area contributed by atoms with E-state index >= 15 is 0 Å². The Hall–Kier alpha value is -0.160. The van der Waals surface area contributed by atoms with Crippen LogP contribution in [0.1, 0.15) is 19.8 Å². The Morgan fingerprint density at radius 3 is 2.56 bits per heavy atom. The molecule has 9 heavy (non-hydrogen) atoms. The van der Waals surface area contributed by atoms with Gasteiger partial charge in [-0.3, -0.25) is 0 Å². The van der Waals surface area contributed by atoms with Gasteiger partial charge in [0.1, 0.15) is 0 Å². The maximum atomic E-state index is 7.65. The van der Waals surface area contributed by atoms with Gasteiger partial charge in [0.05, 0.1) is 6.10 Å². The lowest BCUT2D eigenvalue weighted by atomic mass is 9.84. The molecule has 0 heterocycles. The minimum Gasteiger partial charge on any atom is -0.219 e. The van der Waals surface area contributed by atoms with Crippen molar-refractivity contribution in [1.29, 1.82) is 0 Å². The summed E-state index contributed by atoms with van der Waals surface area (Å²) in [7, 11) is 0. The molecule has 0 radical (unpaired) electrons. The first-order valence-corrected chi connectivity index (χ1v) is 2.96. The summed E-state index contributed by atoms with van der Waals surface area (Å²) in [5, 5.41) is 14.8. The molecule has 0 unspecified atom stereocenters. The van der Waals surface area contributed by atoms with Crippen LogP contribution in [0.15, 0.2) is 0 Å². The van der Waals surface area contributed by atoms with Gasteiger partial charge in [-0.15, -0.1) is 0 Å². The molecule has 0 atom stereocenters. The smallest absolute Gasteiger partial charge is 0.0967 e. The molecule has 0 spiro atoms. The number of hydrogen-bond acceptors (Lipinski definition) is 4. The normalized spacial score (nSPS) is 34.0. The van der Waals surface area contributed by atoms with Crippen LogP contribution in [0.4, 0.5) is 0 Å². The summed E-state index contributed by atoms with van der Waals surface area (Å²) in [5.74, 6) is 0.706. The van der Waals surface area contributed by atoms with E-state index in [1.54, 1.807) is 0 Å². The van der Waals surface area contributed by atoms with Crippen LogP contribution >= 0.6 is 0 Å². The zero-order valence-corrected chi connectivity index (χ0v) is 5.24. The van der Waals surface area contributed by atoms with E-state index in [4.69, 9.17) is 5.26 Å². The molecule has 1 fully saturated rings. The Balaban J connectivity index is 1.91. The summed E-state index contributed by atoms with van der Waals surface area (Å²) in [6, 6.07) is 0. The average Bonchev–Trinajstić information content (AvgIpc) is 1.78. The van der Waals surface area contributed by atoms with Crippen molar-refractivity contribution in [2.45, 2.75) is 25.9 Å². The Morgan fingerprint density at radius 2 is 2.11 bits per heavy atom. The quantitative estimate of drug-likeness (QED) is 0.464. The third-order valence-corrected chi connectivity index (χ3v) is 1.54. The van der Waals surface area contributed by atoms with Crippen molar-refractivity contribution in [3.05, 3.63) is 0 Å². The fraction of sp³-hybridized carbons (Fsp3) is 1.00. The summed E-state index contributed by atoms with van der Waals surface area (Å²) in [6.07, 6.45) is 2.05. The van der Waals surface area contributed by atoms with Gasteiger partial charge in [-0.1, -0.05) is 6.92 Å². The second kappa shape index (κ2) is 3.12. The van der Waals surface area contributed by atoms with Gasteiger partial charge in [-0.2, -0.15) is 0 Å². The zero-order chi connectivity index (χ0) is 6.69. The lowest BCUT2D eigenvalue weighted by molar-refractivity contribution is -0.635. The van der Waals surface area contributed by atoms with Gasteiger partial charge in [0, 0.05) is 0 Å². The summed E-state index contributed by atoms with van der Waals surface area (Å²) in [4.78, 5) is 4.53. The predicted octanol–water partition coefficient (Wildman–Crippen LogP) is 1.14.